The summed E-state index contributed by atoms with van der Waals surface area (Å²) in [5.41, 5.74) is 7.65. The molecule has 0 saturated carbocycles. The number of rotatable bonds is 8. The van der Waals surface area contributed by atoms with Crippen LogP contribution in [0, 0.1) is 5.82 Å². The lowest BCUT2D eigenvalue weighted by atomic mass is 9.77. The van der Waals surface area contributed by atoms with Gasteiger partial charge in [-0.05, 0) is 70.8 Å². The van der Waals surface area contributed by atoms with Gasteiger partial charge in [-0.1, -0.05) is 97.1 Å². The van der Waals surface area contributed by atoms with E-state index >= 15 is 0 Å². The zero-order valence-electron chi connectivity index (χ0n) is 28.1. The Morgan fingerprint density at radius 1 is 0.686 bits per heavy atom. The lowest BCUT2D eigenvalue weighted by molar-refractivity contribution is 0.0827. The van der Waals surface area contributed by atoms with E-state index in [0.29, 0.717) is 17.1 Å². The van der Waals surface area contributed by atoms with Crippen LogP contribution in [0.2, 0.25) is 0 Å². The molecule has 0 aliphatic carbocycles. The second-order valence-electron chi connectivity index (χ2n) is 12.6. The molecule has 248 valence electrons. The van der Waals surface area contributed by atoms with Crippen LogP contribution in [0.25, 0.3) is 39.2 Å². The van der Waals surface area contributed by atoms with Crippen molar-refractivity contribution in [3.8, 4) is 28.2 Å². The predicted octanol–water partition coefficient (Wildman–Crippen LogP) is 8.63. The number of imidazole rings is 1. The molecule has 0 aliphatic heterocycles. The maximum Gasteiger partial charge on any atom is 0.254 e. The summed E-state index contributed by atoms with van der Waals surface area (Å²) in [5.74, 6) is 0.202. The minimum absolute atomic E-state index is 0.116. The third-order valence-electron chi connectivity index (χ3n) is 9.26. The summed E-state index contributed by atoms with van der Waals surface area (Å²) in [6.45, 7) is 0. The number of carbonyl (C=O) groups excluding carboxylic acids is 1. The highest BCUT2D eigenvalue weighted by Crippen LogP contribution is 2.43. The monoisotopic (exact) mass is 668 g/mol. The van der Waals surface area contributed by atoms with E-state index in [2.05, 4.69) is 58.6 Å². The molecule has 0 radical (unpaired) electrons. The average Bonchev–Trinajstić information content (AvgIpc) is 3.82. The maximum absolute atomic E-state index is 14.3. The molecule has 51 heavy (non-hydrogen) atoms. The number of fused-ring (bicyclic) bond motifs is 1. The van der Waals surface area contributed by atoms with Crippen molar-refractivity contribution >= 4 is 16.9 Å². The van der Waals surface area contributed by atoms with Crippen molar-refractivity contribution in [2.24, 2.45) is 0 Å². The van der Waals surface area contributed by atoms with Gasteiger partial charge in [0.05, 0.1) is 16.6 Å². The molecule has 0 spiro atoms. The summed E-state index contributed by atoms with van der Waals surface area (Å²) in [4.78, 5) is 23.3. The summed E-state index contributed by atoms with van der Waals surface area (Å²) in [6, 6.07) is 47.3. The number of nitrogens with zero attached hydrogens (tertiary/aromatic N) is 6. The van der Waals surface area contributed by atoms with Gasteiger partial charge in [-0.25, -0.2) is 14.4 Å². The molecule has 3 aromatic heterocycles. The minimum atomic E-state index is -0.849. The van der Waals surface area contributed by atoms with Crippen LogP contribution in [-0.2, 0) is 5.54 Å². The third-order valence-corrected chi connectivity index (χ3v) is 9.26. The predicted molar refractivity (Wildman–Crippen MR) is 198 cm³/mol. The highest BCUT2D eigenvalue weighted by molar-refractivity contribution is 5.93. The summed E-state index contributed by atoms with van der Waals surface area (Å²) in [7, 11) is 3.43. The van der Waals surface area contributed by atoms with E-state index in [1.165, 1.54) is 17.0 Å². The quantitative estimate of drug-likeness (QED) is 0.152. The lowest BCUT2D eigenvalue weighted by Crippen LogP contribution is -2.38. The van der Waals surface area contributed by atoms with Gasteiger partial charge in [-0.15, -0.1) is 0 Å². The summed E-state index contributed by atoms with van der Waals surface area (Å²) in [5, 5.41) is 5.40. The van der Waals surface area contributed by atoms with Crippen molar-refractivity contribution < 1.29 is 9.18 Å². The van der Waals surface area contributed by atoms with Crippen LogP contribution in [0.3, 0.4) is 0 Å². The van der Waals surface area contributed by atoms with Crippen LogP contribution >= 0.6 is 0 Å². The number of halogens is 1. The van der Waals surface area contributed by atoms with Crippen molar-refractivity contribution in [3.05, 3.63) is 192 Å². The van der Waals surface area contributed by atoms with Crippen LogP contribution in [0.15, 0.2) is 164 Å². The maximum atomic E-state index is 14.3. The number of pyridine rings is 1. The van der Waals surface area contributed by atoms with E-state index < -0.39 is 5.54 Å². The first-order valence-corrected chi connectivity index (χ1v) is 16.6. The summed E-state index contributed by atoms with van der Waals surface area (Å²) in [6.07, 6.45) is 5.41. The zero-order valence-corrected chi connectivity index (χ0v) is 28.1. The van der Waals surface area contributed by atoms with Gasteiger partial charge < -0.3 is 4.90 Å². The fourth-order valence-electron chi connectivity index (χ4n) is 6.78. The van der Waals surface area contributed by atoms with Gasteiger partial charge in [0, 0.05) is 37.6 Å². The van der Waals surface area contributed by atoms with E-state index in [1.54, 1.807) is 44.8 Å². The van der Waals surface area contributed by atoms with Gasteiger partial charge in [0.2, 0.25) is 0 Å². The Morgan fingerprint density at radius 2 is 1.27 bits per heavy atom. The van der Waals surface area contributed by atoms with Gasteiger partial charge >= 0.3 is 0 Å². The molecular weight excluding hydrogens is 636 g/mol. The second kappa shape index (κ2) is 13.0. The molecule has 5 aromatic carbocycles. The Hall–Kier alpha value is -6.67. The minimum Gasteiger partial charge on any atom is -0.345 e. The number of benzene rings is 5. The standard InChI is InChI=1S/C43H33FN6O/c1-48(2)42(51)32-21-25-40(45-27-32)49-29-46-38-24-20-31(26-39(38)49)37-28-50(47-41(37)30-18-22-36(44)23-19-30)43(33-12-6-3-7-13-33,34-14-8-4-9-15-34)35-16-10-5-11-17-35/h3-29H,1-2H3. The van der Waals surface area contributed by atoms with E-state index in [4.69, 9.17) is 5.10 Å². The Balaban J connectivity index is 1.36. The van der Waals surface area contributed by atoms with Crippen LogP contribution in [0.1, 0.15) is 27.0 Å². The molecule has 8 rings (SSSR count). The molecule has 8 heteroatoms. The first-order chi connectivity index (χ1) is 24.9. The number of hydrogen-bond donors (Lipinski definition) is 0. The van der Waals surface area contributed by atoms with Crippen molar-refractivity contribution in [1.82, 2.24) is 29.2 Å². The van der Waals surface area contributed by atoms with Gasteiger partial charge in [0.25, 0.3) is 5.91 Å². The lowest BCUT2D eigenvalue weighted by Gasteiger charge is -2.36. The topological polar surface area (TPSA) is 68.8 Å². The SMILES string of the molecule is CN(C)C(=O)c1ccc(-n2cnc3ccc(-c4cn(C(c5ccccc5)(c5ccccc5)c5ccccc5)nc4-c4ccc(F)cc4)cc32)nc1. The molecule has 0 aliphatic rings. The fraction of sp³-hybridized carbons (Fsp3) is 0.0698. The average molecular weight is 669 g/mol. The first-order valence-electron chi connectivity index (χ1n) is 16.6. The van der Waals surface area contributed by atoms with Crippen LogP contribution in [0.4, 0.5) is 4.39 Å². The van der Waals surface area contributed by atoms with Gasteiger partial charge in [-0.2, -0.15) is 5.10 Å². The smallest absolute Gasteiger partial charge is 0.254 e. The molecule has 1 amide bonds. The normalized spacial score (nSPS) is 11.5. The molecule has 3 heterocycles. The Labute approximate surface area is 294 Å². The molecule has 0 bridgehead atoms. The Kier molecular flexibility index (Phi) is 8.04. The fourth-order valence-corrected chi connectivity index (χ4v) is 6.78. The Bertz CT molecular complexity index is 2360. The Morgan fingerprint density at radius 3 is 1.82 bits per heavy atom. The van der Waals surface area contributed by atoms with E-state index in [9.17, 15) is 9.18 Å². The van der Waals surface area contributed by atoms with Crippen molar-refractivity contribution in [2.75, 3.05) is 14.1 Å². The van der Waals surface area contributed by atoms with Gasteiger partial charge in [0.15, 0.2) is 0 Å². The highest BCUT2D eigenvalue weighted by Gasteiger charge is 2.40. The second-order valence-corrected chi connectivity index (χ2v) is 12.6. The number of aromatic nitrogens is 5. The molecule has 0 atom stereocenters. The van der Waals surface area contributed by atoms with Gasteiger partial charge in [0.1, 0.15) is 29.2 Å². The third kappa shape index (κ3) is 5.56. The largest absolute Gasteiger partial charge is 0.345 e. The molecule has 8 aromatic rings. The molecule has 0 fully saturated rings. The summed E-state index contributed by atoms with van der Waals surface area (Å²) < 4.78 is 18.2. The highest BCUT2D eigenvalue weighted by atomic mass is 19.1. The van der Waals surface area contributed by atoms with Gasteiger partial charge in [-0.3, -0.25) is 14.0 Å². The number of amides is 1. The van der Waals surface area contributed by atoms with Crippen LogP contribution in [0.5, 0.6) is 0 Å². The van der Waals surface area contributed by atoms with Crippen molar-refractivity contribution in [3.63, 3.8) is 0 Å². The van der Waals surface area contributed by atoms with E-state index in [0.717, 1.165) is 44.4 Å². The number of hydrogen-bond acceptors (Lipinski definition) is 4. The molecule has 7 nitrogen and oxygen atoms in total. The first kappa shape index (κ1) is 31.6. The van der Waals surface area contributed by atoms with E-state index in [1.807, 2.05) is 82.0 Å². The van der Waals surface area contributed by atoms with E-state index in [-0.39, 0.29) is 11.7 Å². The molecular formula is C43H33FN6O. The van der Waals surface area contributed by atoms with Crippen molar-refractivity contribution in [1.29, 1.82) is 0 Å². The van der Waals surface area contributed by atoms with Crippen molar-refractivity contribution in [2.45, 2.75) is 5.54 Å². The number of carbonyl (C=O) groups is 1. The molecule has 0 N–H and O–H groups in total. The zero-order chi connectivity index (χ0) is 35.0. The van der Waals surface area contributed by atoms with Crippen LogP contribution < -0.4 is 0 Å². The summed E-state index contributed by atoms with van der Waals surface area (Å²) >= 11 is 0. The molecule has 0 saturated heterocycles. The van der Waals surface area contributed by atoms with Crippen LogP contribution in [-0.4, -0.2) is 49.2 Å². The molecule has 0 unspecified atom stereocenters.